The summed E-state index contributed by atoms with van der Waals surface area (Å²) in [6, 6.07) is 15.3. The van der Waals surface area contributed by atoms with Crippen LogP contribution in [-0.2, 0) is 12.7 Å². The Morgan fingerprint density at radius 3 is 2.41 bits per heavy atom. The van der Waals surface area contributed by atoms with Crippen molar-refractivity contribution in [1.29, 1.82) is 0 Å². The SMILES string of the molecule is Cc1nc(NC2CC2)c2cc(-c3ccc(F)c(CN(C(=O)c4ccccc4C(F)(F)F)C4CC4)c3)ccc2n1. The average Bonchev–Trinajstić information content (AvgIpc) is 3.83. The molecule has 1 amide bonds. The Balaban J connectivity index is 1.34. The molecule has 2 aliphatic rings. The Morgan fingerprint density at radius 1 is 0.974 bits per heavy atom. The van der Waals surface area contributed by atoms with Crippen molar-refractivity contribution >= 4 is 22.6 Å². The summed E-state index contributed by atoms with van der Waals surface area (Å²) in [5.41, 5.74) is 1.18. The van der Waals surface area contributed by atoms with Gasteiger partial charge in [-0.1, -0.05) is 24.3 Å². The number of halogens is 4. The van der Waals surface area contributed by atoms with Crippen LogP contribution in [0.2, 0.25) is 0 Å². The lowest BCUT2D eigenvalue weighted by molar-refractivity contribution is -0.138. The molecular weight excluding hydrogens is 508 g/mol. The zero-order valence-corrected chi connectivity index (χ0v) is 21.2. The number of hydrogen-bond acceptors (Lipinski definition) is 4. The number of hydrogen-bond donors (Lipinski definition) is 1. The molecule has 0 bridgehead atoms. The van der Waals surface area contributed by atoms with Gasteiger partial charge in [-0.15, -0.1) is 0 Å². The number of fused-ring (bicyclic) bond motifs is 1. The minimum Gasteiger partial charge on any atom is -0.367 e. The van der Waals surface area contributed by atoms with Crippen molar-refractivity contribution in [3.05, 3.63) is 89.0 Å². The molecule has 2 saturated carbocycles. The maximum atomic E-state index is 15.0. The van der Waals surface area contributed by atoms with E-state index in [9.17, 15) is 18.0 Å². The Bertz CT molecular complexity index is 1580. The predicted octanol–water partition coefficient (Wildman–Crippen LogP) is 7.14. The number of carbonyl (C=O) groups excluding carboxylic acids is 1. The van der Waals surface area contributed by atoms with E-state index >= 15 is 4.39 Å². The minimum atomic E-state index is -4.67. The summed E-state index contributed by atoms with van der Waals surface area (Å²) in [5, 5.41) is 4.31. The van der Waals surface area contributed by atoms with Gasteiger partial charge < -0.3 is 10.2 Å². The zero-order chi connectivity index (χ0) is 27.3. The molecule has 0 atom stereocenters. The standard InChI is InChI=1S/C30H26F4N4O/c1-17-35-27-13-7-19(15-24(27)28(36-17)37-21-8-9-21)18-6-12-26(31)20(14-18)16-38(22-10-11-22)29(39)23-4-2-3-5-25(23)30(32,33)34/h2-7,12-15,21-22H,8-11,16H2,1H3,(H,35,36,37). The van der Waals surface area contributed by atoms with E-state index < -0.39 is 29.0 Å². The highest BCUT2D eigenvalue weighted by atomic mass is 19.4. The first kappa shape index (κ1) is 25.3. The molecule has 2 aliphatic carbocycles. The molecule has 5 nitrogen and oxygen atoms in total. The Morgan fingerprint density at radius 2 is 1.69 bits per heavy atom. The molecule has 6 rings (SSSR count). The van der Waals surface area contributed by atoms with Crippen molar-refractivity contribution in [2.75, 3.05) is 5.32 Å². The van der Waals surface area contributed by atoms with Crippen LogP contribution in [0, 0.1) is 12.7 Å². The molecule has 0 spiro atoms. The van der Waals surface area contributed by atoms with Crippen molar-refractivity contribution in [2.24, 2.45) is 0 Å². The van der Waals surface area contributed by atoms with Crippen LogP contribution in [0.25, 0.3) is 22.0 Å². The van der Waals surface area contributed by atoms with Crippen LogP contribution >= 0.6 is 0 Å². The van der Waals surface area contributed by atoms with Crippen molar-refractivity contribution in [2.45, 2.75) is 57.4 Å². The van der Waals surface area contributed by atoms with Gasteiger partial charge in [0.05, 0.1) is 16.6 Å². The molecule has 0 radical (unpaired) electrons. The van der Waals surface area contributed by atoms with Crippen LogP contribution < -0.4 is 5.32 Å². The fourth-order valence-electron chi connectivity index (χ4n) is 4.84. The van der Waals surface area contributed by atoms with Gasteiger partial charge in [0.2, 0.25) is 0 Å². The van der Waals surface area contributed by atoms with Gasteiger partial charge in [-0.2, -0.15) is 13.2 Å². The number of carbonyl (C=O) groups is 1. The smallest absolute Gasteiger partial charge is 0.367 e. The molecule has 0 aliphatic heterocycles. The third-order valence-electron chi connectivity index (χ3n) is 7.16. The van der Waals surface area contributed by atoms with Crippen molar-refractivity contribution in [3.8, 4) is 11.1 Å². The molecule has 9 heteroatoms. The number of benzene rings is 3. The van der Waals surface area contributed by atoms with Gasteiger partial charge in [0.15, 0.2) is 0 Å². The normalized spacial score (nSPS) is 15.4. The number of nitrogens with one attached hydrogen (secondary N) is 1. The van der Waals surface area contributed by atoms with Crippen molar-refractivity contribution in [3.63, 3.8) is 0 Å². The summed E-state index contributed by atoms with van der Waals surface area (Å²) < 4.78 is 55.9. The van der Waals surface area contributed by atoms with E-state index in [2.05, 4.69) is 15.3 Å². The largest absolute Gasteiger partial charge is 0.417 e. The molecule has 39 heavy (non-hydrogen) atoms. The van der Waals surface area contributed by atoms with Crippen LogP contribution in [0.5, 0.6) is 0 Å². The van der Waals surface area contributed by atoms with Gasteiger partial charge in [0, 0.05) is 29.6 Å². The van der Waals surface area contributed by atoms with Crippen LogP contribution in [-0.4, -0.2) is 32.9 Å². The lowest BCUT2D eigenvalue weighted by Gasteiger charge is -2.25. The highest BCUT2D eigenvalue weighted by Crippen LogP contribution is 2.36. The minimum absolute atomic E-state index is 0.125. The fourth-order valence-corrected chi connectivity index (χ4v) is 4.84. The van der Waals surface area contributed by atoms with E-state index in [0.29, 0.717) is 24.7 Å². The predicted molar refractivity (Wildman–Crippen MR) is 141 cm³/mol. The van der Waals surface area contributed by atoms with E-state index in [0.717, 1.165) is 46.8 Å². The topological polar surface area (TPSA) is 58.1 Å². The molecule has 0 unspecified atom stereocenters. The maximum Gasteiger partial charge on any atom is 0.417 e. The summed E-state index contributed by atoms with van der Waals surface area (Å²) in [5.74, 6) is 0.166. The number of amides is 1. The number of nitrogens with zero attached hydrogens (tertiary/aromatic N) is 3. The summed E-state index contributed by atoms with van der Waals surface area (Å²) in [6.07, 6.45) is -1.15. The Kier molecular flexibility index (Phi) is 6.24. The number of alkyl halides is 3. The summed E-state index contributed by atoms with van der Waals surface area (Å²) in [4.78, 5) is 23.8. The molecule has 2 fully saturated rings. The van der Waals surface area contributed by atoms with Gasteiger partial charge in [-0.05, 0) is 80.1 Å². The second kappa shape index (κ2) is 9.63. The first-order chi connectivity index (χ1) is 18.7. The van der Waals surface area contributed by atoms with E-state index in [1.165, 1.54) is 29.2 Å². The maximum absolute atomic E-state index is 15.0. The summed E-state index contributed by atoms with van der Waals surface area (Å²) in [6.45, 7) is 1.72. The fraction of sp³-hybridized carbons (Fsp3) is 0.300. The van der Waals surface area contributed by atoms with E-state index in [1.807, 2.05) is 25.1 Å². The van der Waals surface area contributed by atoms with Gasteiger partial charge >= 0.3 is 6.18 Å². The molecule has 3 aromatic carbocycles. The molecule has 0 saturated heterocycles. The second-order valence-electron chi connectivity index (χ2n) is 10.3. The number of aryl methyl sites for hydroxylation is 1. The molecule has 1 N–H and O–H groups in total. The van der Waals surface area contributed by atoms with E-state index in [4.69, 9.17) is 0 Å². The van der Waals surface area contributed by atoms with Crippen LogP contribution in [0.1, 0.15) is 53.0 Å². The molecule has 1 aromatic heterocycles. The second-order valence-corrected chi connectivity index (χ2v) is 10.3. The molecule has 200 valence electrons. The van der Waals surface area contributed by atoms with Gasteiger partial charge in [-0.3, -0.25) is 4.79 Å². The zero-order valence-electron chi connectivity index (χ0n) is 21.2. The van der Waals surface area contributed by atoms with E-state index in [-0.39, 0.29) is 18.2 Å². The van der Waals surface area contributed by atoms with Gasteiger partial charge in [0.1, 0.15) is 17.5 Å². The van der Waals surface area contributed by atoms with Gasteiger partial charge in [0.25, 0.3) is 5.91 Å². The van der Waals surface area contributed by atoms with Crippen molar-refractivity contribution in [1.82, 2.24) is 14.9 Å². The average molecular weight is 535 g/mol. The van der Waals surface area contributed by atoms with Crippen LogP contribution in [0.4, 0.5) is 23.4 Å². The monoisotopic (exact) mass is 534 g/mol. The van der Waals surface area contributed by atoms with Crippen LogP contribution in [0.3, 0.4) is 0 Å². The molecule has 4 aromatic rings. The number of aromatic nitrogens is 2. The Labute approximate surface area is 222 Å². The quantitative estimate of drug-likeness (QED) is 0.256. The Hall–Kier alpha value is -4.01. The molecular formula is C30H26F4N4O. The molecule has 1 heterocycles. The highest BCUT2D eigenvalue weighted by Gasteiger charge is 2.39. The van der Waals surface area contributed by atoms with Crippen LogP contribution in [0.15, 0.2) is 60.7 Å². The van der Waals surface area contributed by atoms with E-state index in [1.54, 1.807) is 12.1 Å². The number of rotatable bonds is 7. The third kappa shape index (κ3) is 5.30. The first-order valence-corrected chi connectivity index (χ1v) is 13.0. The first-order valence-electron chi connectivity index (χ1n) is 13.0. The summed E-state index contributed by atoms with van der Waals surface area (Å²) in [7, 11) is 0. The lowest BCUT2D eigenvalue weighted by atomic mass is 10.00. The summed E-state index contributed by atoms with van der Waals surface area (Å²) >= 11 is 0. The third-order valence-corrected chi connectivity index (χ3v) is 7.16. The highest BCUT2D eigenvalue weighted by molar-refractivity contribution is 5.96. The lowest BCUT2D eigenvalue weighted by Crippen LogP contribution is -2.34. The number of anilines is 1. The van der Waals surface area contributed by atoms with Gasteiger partial charge in [-0.25, -0.2) is 14.4 Å². The van der Waals surface area contributed by atoms with Crippen molar-refractivity contribution < 1.29 is 22.4 Å².